The molecule has 0 amide bonds. The van der Waals surface area contributed by atoms with Gasteiger partial charge < -0.3 is 15.5 Å². The number of nitrogens with one attached hydrogen (secondary N) is 1. The first-order valence-corrected chi connectivity index (χ1v) is 6.82. The standard InChI is InChI=1S/C16H15ClN2O/c17-13-4-6-14(7-5-13)20-10-12-9-19-15-3-1-2-11(8-18)16(12)15/h1-7,9,19H,8,10,18H2. The Kier molecular flexibility index (Phi) is 3.63. The lowest BCUT2D eigenvalue weighted by Gasteiger charge is -2.07. The molecule has 0 fully saturated rings. The Bertz CT molecular complexity index is 719. The molecule has 20 heavy (non-hydrogen) atoms. The second-order valence-electron chi connectivity index (χ2n) is 4.60. The van der Waals surface area contributed by atoms with Gasteiger partial charge in [-0.2, -0.15) is 0 Å². The third kappa shape index (κ3) is 2.50. The van der Waals surface area contributed by atoms with Crippen molar-refractivity contribution in [2.75, 3.05) is 0 Å². The fourth-order valence-electron chi connectivity index (χ4n) is 2.31. The van der Waals surface area contributed by atoms with E-state index in [1.54, 1.807) is 0 Å². The Morgan fingerprint density at radius 1 is 1.05 bits per heavy atom. The Morgan fingerprint density at radius 2 is 1.85 bits per heavy atom. The topological polar surface area (TPSA) is 51.0 Å². The van der Waals surface area contributed by atoms with Gasteiger partial charge in [-0.25, -0.2) is 0 Å². The Labute approximate surface area is 122 Å². The summed E-state index contributed by atoms with van der Waals surface area (Å²) in [6.45, 7) is 1.02. The molecule has 0 radical (unpaired) electrons. The maximum atomic E-state index is 5.85. The average Bonchev–Trinajstić information content (AvgIpc) is 2.90. The molecule has 4 heteroatoms. The van der Waals surface area contributed by atoms with Crippen LogP contribution in [-0.2, 0) is 13.2 Å². The molecule has 0 unspecified atom stereocenters. The van der Waals surface area contributed by atoms with Crippen molar-refractivity contribution in [2.45, 2.75) is 13.2 Å². The molecule has 0 saturated carbocycles. The molecular formula is C16H15ClN2O. The van der Waals surface area contributed by atoms with Gasteiger partial charge in [-0.05, 0) is 35.9 Å². The smallest absolute Gasteiger partial charge is 0.119 e. The number of ether oxygens (including phenoxy) is 1. The van der Waals surface area contributed by atoms with Crippen LogP contribution in [0.25, 0.3) is 10.9 Å². The summed E-state index contributed by atoms with van der Waals surface area (Å²) >= 11 is 5.85. The number of hydrogen-bond donors (Lipinski definition) is 2. The Morgan fingerprint density at radius 3 is 2.60 bits per heavy atom. The zero-order valence-corrected chi connectivity index (χ0v) is 11.7. The third-order valence-electron chi connectivity index (χ3n) is 3.30. The van der Waals surface area contributed by atoms with Gasteiger partial charge in [-0.15, -0.1) is 0 Å². The first-order valence-electron chi connectivity index (χ1n) is 6.44. The molecule has 3 aromatic rings. The van der Waals surface area contributed by atoms with Crippen LogP contribution in [0.1, 0.15) is 11.1 Å². The van der Waals surface area contributed by atoms with Crippen LogP contribution in [0.2, 0.25) is 5.02 Å². The lowest BCUT2D eigenvalue weighted by Crippen LogP contribution is -1.99. The van der Waals surface area contributed by atoms with Crippen molar-refractivity contribution >= 4 is 22.5 Å². The first kappa shape index (κ1) is 13.0. The van der Waals surface area contributed by atoms with Crippen LogP contribution in [0.5, 0.6) is 5.75 Å². The fraction of sp³-hybridized carbons (Fsp3) is 0.125. The summed E-state index contributed by atoms with van der Waals surface area (Å²) in [7, 11) is 0. The molecule has 0 bridgehead atoms. The van der Waals surface area contributed by atoms with Gasteiger partial charge >= 0.3 is 0 Å². The second kappa shape index (κ2) is 5.57. The number of halogens is 1. The fourth-order valence-corrected chi connectivity index (χ4v) is 2.44. The highest BCUT2D eigenvalue weighted by Gasteiger charge is 2.08. The number of benzene rings is 2. The summed E-state index contributed by atoms with van der Waals surface area (Å²) < 4.78 is 5.79. The molecule has 3 N–H and O–H groups in total. The van der Waals surface area contributed by atoms with Crippen LogP contribution in [0.4, 0.5) is 0 Å². The lowest BCUT2D eigenvalue weighted by molar-refractivity contribution is 0.307. The van der Waals surface area contributed by atoms with Crippen molar-refractivity contribution < 1.29 is 4.74 Å². The van der Waals surface area contributed by atoms with Gasteiger partial charge in [0.2, 0.25) is 0 Å². The highest BCUT2D eigenvalue weighted by molar-refractivity contribution is 6.30. The minimum Gasteiger partial charge on any atom is -0.489 e. The van der Waals surface area contributed by atoms with Crippen LogP contribution in [0.15, 0.2) is 48.7 Å². The summed E-state index contributed by atoms with van der Waals surface area (Å²) in [5.74, 6) is 0.800. The second-order valence-corrected chi connectivity index (χ2v) is 5.04. The summed E-state index contributed by atoms with van der Waals surface area (Å²) in [5.41, 5.74) is 9.12. The van der Waals surface area contributed by atoms with E-state index in [-0.39, 0.29) is 0 Å². The van der Waals surface area contributed by atoms with E-state index in [4.69, 9.17) is 22.1 Å². The normalized spacial score (nSPS) is 10.9. The molecule has 2 aromatic carbocycles. The molecule has 0 atom stereocenters. The number of H-pyrrole nitrogens is 1. The van der Waals surface area contributed by atoms with Crippen LogP contribution in [0.3, 0.4) is 0 Å². The van der Waals surface area contributed by atoms with Crippen LogP contribution in [-0.4, -0.2) is 4.98 Å². The van der Waals surface area contributed by atoms with Crippen LogP contribution in [0, 0.1) is 0 Å². The minimum absolute atomic E-state index is 0.499. The van der Waals surface area contributed by atoms with Crippen LogP contribution < -0.4 is 10.5 Å². The molecule has 0 aliphatic heterocycles. The van der Waals surface area contributed by atoms with E-state index in [0.29, 0.717) is 18.2 Å². The maximum Gasteiger partial charge on any atom is 0.119 e. The van der Waals surface area contributed by atoms with Crippen molar-refractivity contribution in [1.82, 2.24) is 4.98 Å². The molecule has 0 spiro atoms. The predicted octanol–water partition coefficient (Wildman–Crippen LogP) is 3.86. The minimum atomic E-state index is 0.499. The van der Waals surface area contributed by atoms with E-state index in [9.17, 15) is 0 Å². The summed E-state index contributed by atoms with van der Waals surface area (Å²) in [6, 6.07) is 13.4. The third-order valence-corrected chi connectivity index (χ3v) is 3.55. The lowest BCUT2D eigenvalue weighted by atomic mass is 10.1. The van der Waals surface area contributed by atoms with E-state index in [0.717, 1.165) is 27.8 Å². The number of aromatic amines is 1. The van der Waals surface area contributed by atoms with Gasteiger partial charge in [0.05, 0.1) is 0 Å². The van der Waals surface area contributed by atoms with E-state index < -0.39 is 0 Å². The van der Waals surface area contributed by atoms with E-state index >= 15 is 0 Å². The number of fused-ring (bicyclic) bond motifs is 1. The Hall–Kier alpha value is -1.97. The van der Waals surface area contributed by atoms with Crippen molar-refractivity contribution in [3.63, 3.8) is 0 Å². The van der Waals surface area contributed by atoms with Gasteiger partial charge in [0.25, 0.3) is 0 Å². The highest BCUT2D eigenvalue weighted by atomic mass is 35.5. The molecule has 0 saturated heterocycles. The van der Waals surface area contributed by atoms with Crippen LogP contribution >= 0.6 is 11.6 Å². The molecule has 3 nitrogen and oxygen atoms in total. The zero-order chi connectivity index (χ0) is 13.9. The first-order chi connectivity index (χ1) is 9.78. The molecule has 0 aliphatic carbocycles. The van der Waals surface area contributed by atoms with Gasteiger partial charge in [0.1, 0.15) is 12.4 Å². The van der Waals surface area contributed by atoms with Crippen molar-refractivity contribution in [3.8, 4) is 5.75 Å². The van der Waals surface area contributed by atoms with E-state index in [1.165, 1.54) is 0 Å². The number of nitrogens with two attached hydrogens (primary N) is 1. The number of rotatable bonds is 4. The largest absolute Gasteiger partial charge is 0.489 e. The maximum absolute atomic E-state index is 5.85. The van der Waals surface area contributed by atoms with Crippen molar-refractivity contribution in [1.29, 1.82) is 0 Å². The molecule has 3 rings (SSSR count). The monoisotopic (exact) mass is 286 g/mol. The predicted molar refractivity (Wildman–Crippen MR) is 82.0 cm³/mol. The van der Waals surface area contributed by atoms with Crippen molar-refractivity contribution in [3.05, 3.63) is 64.8 Å². The molecular weight excluding hydrogens is 272 g/mol. The van der Waals surface area contributed by atoms with Gasteiger partial charge in [-0.3, -0.25) is 0 Å². The Balaban J connectivity index is 1.86. The molecule has 1 heterocycles. The molecule has 102 valence electrons. The number of hydrogen-bond acceptors (Lipinski definition) is 2. The number of aromatic nitrogens is 1. The van der Waals surface area contributed by atoms with Gasteiger partial charge in [0.15, 0.2) is 0 Å². The van der Waals surface area contributed by atoms with E-state index in [2.05, 4.69) is 4.98 Å². The summed E-state index contributed by atoms with van der Waals surface area (Å²) in [5, 5.41) is 1.86. The van der Waals surface area contributed by atoms with Gasteiger partial charge in [-0.1, -0.05) is 23.7 Å². The quantitative estimate of drug-likeness (QED) is 0.765. The van der Waals surface area contributed by atoms with Crippen molar-refractivity contribution in [2.24, 2.45) is 5.73 Å². The highest BCUT2D eigenvalue weighted by Crippen LogP contribution is 2.24. The molecule has 0 aliphatic rings. The summed E-state index contributed by atoms with van der Waals surface area (Å²) in [6.07, 6.45) is 1.97. The van der Waals surface area contributed by atoms with Gasteiger partial charge in [0, 0.05) is 34.2 Å². The molecule has 1 aromatic heterocycles. The average molecular weight is 287 g/mol. The zero-order valence-electron chi connectivity index (χ0n) is 10.9. The summed E-state index contributed by atoms with van der Waals surface area (Å²) in [4.78, 5) is 3.25. The SMILES string of the molecule is NCc1cccc2[nH]cc(COc3ccc(Cl)cc3)c12. The van der Waals surface area contributed by atoms with E-state index in [1.807, 2.05) is 48.7 Å².